The molecule has 0 bridgehead atoms. The molecule has 0 spiro atoms. The summed E-state index contributed by atoms with van der Waals surface area (Å²) in [5.41, 5.74) is -5.89. The minimum Gasteiger partial charge on any atom is -0.546 e. The van der Waals surface area contributed by atoms with E-state index in [4.69, 9.17) is 0 Å². The van der Waals surface area contributed by atoms with Crippen LogP contribution >= 0.6 is 0 Å². The van der Waals surface area contributed by atoms with Crippen molar-refractivity contribution in [3.8, 4) is 0 Å². The first-order valence-corrected chi connectivity index (χ1v) is 23.9. The second-order valence-electron chi connectivity index (χ2n) is 17.2. The van der Waals surface area contributed by atoms with Gasteiger partial charge in [-0.25, -0.2) is 0 Å². The molecule has 0 aliphatic carbocycles. The van der Waals surface area contributed by atoms with Crippen LogP contribution in [0.25, 0.3) is 0 Å². The Hall–Kier alpha value is -1.28. The molecule has 0 aliphatic rings. The van der Waals surface area contributed by atoms with E-state index >= 15 is 0 Å². The van der Waals surface area contributed by atoms with E-state index in [0.717, 1.165) is 52.4 Å². The number of hydrogen-bond donors (Lipinski definition) is 4. The summed E-state index contributed by atoms with van der Waals surface area (Å²) in [5, 5.41) is 60.4. The molecule has 12 nitrogen and oxygen atoms in total. The van der Waals surface area contributed by atoms with Gasteiger partial charge in [0.1, 0.15) is 23.8 Å². The van der Waals surface area contributed by atoms with Crippen LogP contribution in [0.15, 0.2) is 0 Å². The molecular formula is C48H86CaO12. The Labute approximate surface area is 399 Å². The topological polar surface area (TPSA) is 229 Å². The summed E-state index contributed by atoms with van der Waals surface area (Å²) in [6.45, 7) is 6.58. The predicted molar refractivity (Wildman–Crippen MR) is 237 cm³/mol. The molecule has 0 heterocycles. The Morgan fingerprint density at radius 1 is 0.393 bits per heavy atom. The van der Waals surface area contributed by atoms with Gasteiger partial charge in [-0.05, 0) is 26.7 Å². The number of carboxylic acids is 2. The number of unbranched alkanes of at least 4 members (excludes halogenated alkanes) is 28. The van der Waals surface area contributed by atoms with E-state index in [-0.39, 0.29) is 50.6 Å². The number of hydrogen-bond acceptors (Lipinski definition) is 12. The Morgan fingerprint density at radius 2 is 0.574 bits per heavy atom. The maximum Gasteiger partial charge on any atom is 2.00 e. The van der Waals surface area contributed by atoms with Gasteiger partial charge in [-0.3, -0.25) is 19.2 Å². The molecule has 4 atom stereocenters. The third-order valence-electron chi connectivity index (χ3n) is 11.3. The molecule has 13 heteroatoms. The number of Topliss-reactive ketones (excluding diaryl/α,β-unsaturated/α-hetero) is 4. The molecule has 4 unspecified atom stereocenters. The SMILES string of the molecule is CCCCCCCCCCCCCCCCCC(=O)CC(O)(C(=O)[O-])C(=O)C(C)O.CCCCCCCCCCCCCCCCCC(=O)CC(O)(C(=O)[O-])C(=O)C(C)O.[Ca+2]. The first-order valence-electron chi connectivity index (χ1n) is 23.9. The van der Waals surface area contributed by atoms with Crippen molar-refractivity contribution in [2.75, 3.05) is 0 Å². The second kappa shape index (κ2) is 41.4. The van der Waals surface area contributed by atoms with Crippen LogP contribution in [0, 0.1) is 0 Å². The molecule has 0 fully saturated rings. The second-order valence-corrected chi connectivity index (χ2v) is 17.2. The normalized spacial score (nSPS) is 14.0. The summed E-state index contributed by atoms with van der Waals surface area (Å²) in [5.74, 6) is -7.73. The molecule has 4 N–H and O–H groups in total. The number of carboxylic acid groups (broad SMARTS) is 2. The van der Waals surface area contributed by atoms with Crippen LogP contribution in [0.3, 0.4) is 0 Å². The maximum atomic E-state index is 11.9. The summed E-state index contributed by atoms with van der Waals surface area (Å²) in [7, 11) is 0. The van der Waals surface area contributed by atoms with Crippen molar-refractivity contribution in [3.05, 3.63) is 0 Å². The van der Waals surface area contributed by atoms with Gasteiger partial charge in [0, 0.05) is 25.7 Å². The summed E-state index contributed by atoms with van der Waals surface area (Å²) in [6.07, 6.45) is 31.4. The standard InChI is InChI=1S/2C24H44O6.Ca/c2*1-3-4-5-6-7-8-9-10-11-12-13-14-15-16-17-18-21(26)19-24(30,23(28)29)22(27)20(2)25;/h2*20,25,30H,3-19H2,1-2H3,(H,28,29);/q;;+2/p-2. The molecule has 352 valence electrons. The summed E-state index contributed by atoms with van der Waals surface area (Å²) >= 11 is 0. The van der Waals surface area contributed by atoms with Gasteiger partial charge in [-0.1, -0.05) is 194 Å². The van der Waals surface area contributed by atoms with E-state index in [1.54, 1.807) is 0 Å². The van der Waals surface area contributed by atoms with E-state index in [1.807, 2.05) is 0 Å². The van der Waals surface area contributed by atoms with Gasteiger partial charge in [0.2, 0.25) is 0 Å². The zero-order chi connectivity index (χ0) is 45.7. The summed E-state index contributed by atoms with van der Waals surface area (Å²) < 4.78 is 0. The molecule has 0 saturated heterocycles. The van der Waals surface area contributed by atoms with Gasteiger partial charge < -0.3 is 40.2 Å². The zero-order valence-corrected chi connectivity index (χ0v) is 41.2. The van der Waals surface area contributed by atoms with Crippen LogP contribution in [0.2, 0.25) is 0 Å². The fourth-order valence-electron chi connectivity index (χ4n) is 7.35. The fourth-order valence-corrected chi connectivity index (χ4v) is 7.35. The molecule has 0 saturated carbocycles. The van der Waals surface area contributed by atoms with Crippen molar-refractivity contribution >= 4 is 72.8 Å². The van der Waals surface area contributed by atoms with Crippen molar-refractivity contribution < 1.29 is 59.4 Å². The Kier molecular flexibility index (Phi) is 43.5. The quantitative estimate of drug-likeness (QED) is 0.0279. The number of aliphatic hydroxyl groups excluding tert-OH is 2. The first-order chi connectivity index (χ1) is 28.5. The van der Waals surface area contributed by atoms with Crippen molar-refractivity contribution in [1.29, 1.82) is 0 Å². The largest absolute Gasteiger partial charge is 2.00 e. The average molecular weight is 895 g/mol. The fraction of sp³-hybridized carbons (Fsp3) is 0.875. The van der Waals surface area contributed by atoms with E-state index < -0.39 is 71.3 Å². The van der Waals surface area contributed by atoms with Crippen LogP contribution in [-0.2, 0) is 28.8 Å². The van der Waals surface area contributed by atoms with E-state index in [2.05, 4.69) is 13.8 Å². The van der Waals surface area contributed by atoms with E-state index in [1.165, 1.54) is 141 Å². The Morgan fingerprint density at radius 3 is 0.738 bits per heavy atom. The van der Waals surface area contributed by atoms with Crippen molar-refractivity contribution in [2.45, 2.75) is 269 Å². The first kappa shape index (κ1) is 64.0. The maximum absolute atomic E-state index is 11.9. The van der Waals surface area contributed by atoms with Crippen LogP contribution < -0.4 is 10.2 Å². The number of ketones is 4. The molecule has 0 rings (SSSR count). The molecule has 0 radical (unpaired) electrons. The third-order valence-corrected chi connectivity index (χ3v) is 11.3. The van der Waals surface area contributed by atoms with Crippen LogP contribution in [0.4, 0.5) is 0 Å². The van der Waals surface area contributed by atoms with Gasteiger partial charge in [0.25, 0.3) is 0 Å². The Bertz CT molecular complexity index is 1070. The summed E-state index contributed by atoms with van der Waals surface area (Å²) in [6, 6.07) is 0. The van der Waals surface area contributed by atoms with Gasteiger partial charge in [-0.15, -0.1) is 0 Å². The molecular weight excluding hydrogens is 809 g/mol. The average Bonchev–Trinajstić information content (AvgIpc) is 3.20. The monoisotopic (exact) mass is 895 g/mol. The minimum atomic E-state index is -2.94. The van der Waals surface area contributed by atoms with Crippen LogP contribution in [-0.4, -0.2) is 117 Å². The van der Waals surface area contributed by atoms with Crippen molar-refractivity contribution in [2.24, 2.45) is 0 Å². The Balaban J connectivity index is -0.00000109. The summed E-state index contributed by atoms with van der Waals surface area (Å²) in [4.78, 5) is 69.4. The molecule has 61 heavy (non-hydrogen) atoms. The molecule has 0 aliphatic heterocycles. The zero-order valence-electron chi connectivity index (χ0n) is 39.0. The molecule has 0 aromatic carbocycles. The number of carbonyl (C=O) groups is 6. The number of aliphatic carboxylic acids is 2. The van der Waals surface area contributed by atoms with Gasteiger partial charge in [-0.2, -0.15) is 0 Å². The van der Waals surface area contributed by atoms with Crippen molar-refractivity contribution in [1.82, 2.24) is 0 Å². The third kappa shape index (κ3) is 33.8. The van der Waals surface area contributed by atoms with Crippen LogP contribution in [0.5, 0.6) is 0 Å². The van der Waals surface area contributed by atoms with Gasteiger partial charge >= 0.3 is 37.7 Å². The molecule has 0 aromatic heterocycles. The smallest absolute Gasteiger partial charge is 0.546 e. The number of aliphatic hydroxyl groups is 4. The van der Waals surface area contributed by atoms with E-state index in [9.17, 15) is 59.4 Å². The molecule has 0 aromatic rings. The number of carbonyl (C=O) groups excluding carboxylic acids is 6. The van der Waals surface area contributed by atoms with Gasteiger partial charge in [0.15, 0.2) is 22.8 Å². The predicted octanol–water partition coefficient (Wildman–Crippen LogP) is 6.90. The number of rotatable bonds is 42. The van der Waals surface area contributed by atoms with Crippen molar-refractivity contribution in [3.63, 3.8) is 0 Å². The van der Waals surface area contributed by atoms with Crippen LogP contribution in [0.1, 0.15) is 246 Å². The minimum absolute atomic E-state index is 0. The molecule has 0 amide bonds. The van der Waals surface area contributed by atoms with E-state index in [0.29, 0.717) is 12.8 Å². The van der Waals surface area contributed by atoms with Gasteiger partial charge in [0.05, 0.1) is 11.9 Å².